The van der Waals surface area contributed by atoms with Crippen molar-refractivity contribution < 1.29 is 9.59 Å². The number of amides is 2. The first-order valence-electron chi connectivity index (χ1n) is 5.04. The van der Waals surface area contributed by atoms with Gasteiger partial charge in [-0.15, -0.1) is 0 Å². The van der Waals surface area contributed by atoms with Gasteiger partial charge in [0.15, 0.2) is 0 Å². The van der Waals surface area contributed by atoms with E-state index in [-0.39, 0.29) is 12.5 Å². The second-order valence-electron chi connectivity index (χ2n) is 3.83. The molecule has 82 valence electrons. The zero-order valence-corrected chi connectivity index (χ0v) is 8.82. The summed E-state index contributed by atoms with van der Waals surface area (Å²) < 4.78 is 0. The van der Waals surface area contributed by atoms with Gasteiger partial charge in [0.2, 0.25) is 11.8 Å². The van der Waals surface area contributed by atoms with Gasteiger partial charge >= 0.3 is 0 Å². The van der Waals surface area contributed by atoms with E-state index < -0.39 is 11.3 Å². The lowest BCUT2D eigenvalue weighted by molar-refractivity contribution is -0.145. The molecule has 1 aliphatic rings. The van der Waals surface area contributed by atoms with Gasteiger partial charge in [0.05, 0.1) is 12.6 Å². The third kappa shape index (κ3) is 2.09. The summed E-state index contributed by atoms with van der Waals surface area (Å²) in [6.07, 6.45) is 2.09. The molecule has 1 saturated carbocycles. The molecule has 0 unspecified atom stereocenters. The molecule has 2 N–H and O–H groups in total. The Labute approximate surface area is 88.8 Å². The van der Waals surface area contributed by atoms with Gasteiger partial charge in [0.1, 0.15) is 5.41 Å². The molecule has 0 saturated heterocycles. The van der Waals surface area contributed by atoms with Crippen LogP contribution in [0.25, 0.3) is 0 Å². The first-order valence-corrected chi connectivity index (χ1v) is 5.04. The van der Waals surface area contributed by atoms with E-state index in [2.05, 4.69) is 6.07 Å². The third-order valence-corrected chi connectivity index (χ3v) is 2.85. The molecule has 0 heterocycles. The predicted octanol–water partition coefficient (Wildman–Crippen LogP) is 0.0141. The number of nitrogens with zero attached hydrogens (tertiary/aromatic N) is 2. The number of primary amides is 1. The summed E-state index contributed by atoms with van der Waals surface area (Å²) in [4.78, 5) is 24.0. The van der Waals surface area contributed by atoms with E-state index in [1.54, 1.807) is 6.92 Å². The normalized spacial score (nSPS) is 17.3. The molecule has 5 nitrogen and oxygen atoms in total. The van der Waals surface area contributed by atoms with Crippen LogP contribution in [-0.4, -0.2) is 29.8 Å². The number of carbonyl (C=O) groups excluding carboxylic acids is 2. The van der Waals surface area contributed by atoms with Crippen LogP contribution in [0.15, 0.2) is 0 Å². The zero-order valence-electron chi connectivity index (χ0n) is 8.82. The zero-order chi connectivity index (χ0) is 11.5. The van der Waals surface area contributed by atoms with Crippen molar-refractivity contribution in [3.05, 3.63) is 0 Å². The van der Waals surface area contributed by atoms with Crippen LogP contribution < -0.4 is 5.73 Å². The minimum Gasteiger partial charge on any atom is -0.368 e. The Bertz CT molecular complexity index is 315. The highest BCUT2D eigenvalue weighted by molar-refractivity contribution is 5.89. The Hall–Kier alpha value is -1.57. The van der Waals surface area contributed by atoms with Gasteiger partial charge in [0.25, 0.3) is 0 Å². The van der Waals surface area contributed by atoms with Gasteiger partial charge in [-0.1, -0.05) is 0 Å². The standard InChI is InChI=1S/C10H15N3O2/c1-2-13(6-8(12)14)9(15)10(7-11)4-3-5-10/h2-6H2,1H3,(H2,12,14). The first-order chi connectivity index (χ1) is 7.05. The molecule has 1 aliphatic carbocycles. The highest BCUT2D eigenvalue weighted by atomic mass is 16.2. The van der Waals surface area contributed by atoms with Gasteiger partial charge in [-0.2, -0.15) is 5.26 Å². The minimum absolute atomic E-state index is 0.0984. The first kappa shape index (κ1) is 11.5. The lowest BCUT2D eigenvalue weighted by Crippen LogP contribution is -2.49. The van der Waals surface area contributed by atoms with E-state index in [9.17, 15) is 9.59 Å². The van der Waals surface area contributed by atoms with Crippen molar-refractivity contribution in [3.8, 4) is 6.07 Å². The quantitative estimate of drug-likeness (QED) is 0.707. The smallest absolute Gasteiger partial charge is 0.243 e. The summed E-state index contributed by atoms with van der Waals surface area (Å²) in [7, 11) is 0. The summed E-state index contributed by atoms with van der Waals surface area (Å²) in [6, 6.07) is 2.06. The maximum atomic E-state index is 11.9. The SMILES string of the molecule is CCN(CC(N)=O)C(=O)C1(C#N)CCC1. The molecule has 0 radical (unpaired) electrons. The van der Waals surface area contributed by atoms with Crippen molar-refractivity contribution in [1.82, 2.24) is 4.90 Å². The fourth-order valence-electron chi connectivity index (χ4n) is 1.72. The van der Waals surface area contributed by atoms with Crippen molar-refractivity contribution in [3.63, 3.8) is 0 Å². The molecule has 5 heteroatoms. The molecule has 0 aromatic carbocycles. The van der Waals surface area contributed by atoms with E-state index in [0.29, 0.717) is 19.4 Å². The molecular formula is C10H15N3O2. The van der Waals surface area contributed by atoms with Crippen LogP contribution in [0.1, 0.15) is 26.2 Å². The number of nitriles is 1. The number of hydrogen-bond acceptors (Lipinski definition) is 3. The van der Waals surface area contributed by atoms with E-state index in [1.807, 2.05) is 0 Å². The van der Waals surface area contributed by atoms with Gasteiger partial charge in [-0.3, -0.25) is 9.59 Å². The Morgan fingerprint density at radius 1 is 1.53 bits per heavy atom. The highest BCUT2D eigenvalue weighted by Gasteiger charge is 2.46. The second kappa shape index (κ2) is 4.30. The van der Waals surface area contributed by atoms with Crippen LogP contribution in [0.3, 0.4) is 0 Å². The number of hydrogen-bond donors (Lipinski definition) is 1. The molecule has 0 atom stereocenters. The van der Waals surface area contributed by atoms with Crippen molar-refractivity contribution in [2.75, 3.05) is 13.1 Å². The fraction of sp³-hybridized carbons (Fsp3) is 0.700. The Kier molecular flexibility index (Phi) is 3.30. The molecule has 0 aromatic rings. The second-order valence-corrected chi connectivity index (χ2v) is 3.83. The number of nitrogens with two attached hydrogens (primary N) is 1. The maximum absolute atomic E-state index is 11.9. The topological polar surface area (TPSA) is 87.2 Å². The largest absolute Gasteiger partial charge is 0.368 e. The molecule has 0 aromatic heterocycles. The lowest BCUT2D eigenvalue weighted by Gasteiger charge is -2.37. The molecule has 1 fully saturated rings. The van der Waals surface area contributed by atoms with Crippen molar-refractivity contribution in [2.24, 2.45) is 11.1 Å². The molecular weight excluding hydrogens is 194 g/mol. The van der Waals surface area contributed by atoms with Gasteiger partial charge in [-0.25, -0.2) is 0 Å². The summed E-state index contributed by atoms with van der Waals surface area (Å²) >= 11 is 0. The average Bonchev–Trinajstić information content (AvgIpc) is 2.12. The predicted molar refractivity (Wildman–Crippen MR) is 53.3 cm³/mol. The van der Waals surface area contributed by atoms with Crippen LogP contribution in [0.5, 0.6) is 0 Å². The molecule has 0 aliphatic heterocycles. The van der Waals surface area contributed by atoms with Gasteiger partial charge in [0, 0.05) is 6.54 Å². The molecule has 1 rings (SSSR count). The van der Waals surface area contributed by atoms with Crippen molar-refractivity contribution in [2.45, 2.75) is 26.2 Å². The van der Waals surface area contributed by atoms with E-state index >= 15 is 0 Å². The Morgan fingerprint density at radius 3 is 2.40 bits per heavy atom. The number of carbonyl (C=O) groups is 2. The summed E-state index contributed by atoms with van der Waals surface area (Å²) in [6.45, 7) is 2.08. The Morgan fingerprint density at radius 2 is 2.13 bits per heavy atom. The average molecular weight is 209 g/mol. The third-order valence-electron chi connectivity index (χ3n) is 2.85. The monoisotopic (exact) mass is 209 g/mol. The minimum atomic E-state index is -0.883. The van der Waals surface area contributed by atoms with Crippen LogP contribution >= 0.6 is 0 Å². The molecule has 0 bridgehead atoms. The summed E-state index contributed by atoms with van der Waals surface area (Å²) in [5.41, 5.74) is 4.15. The van der Waals surface area contributed by atoms with Crippen LogP contribution in [-0.2, 0) is 9.59 Å². The van der Waals surface area contributed by atoms with Crippen LogP contribution in [0, 0.1) is 16.7 Å². The van der Waals surface area contributed by atoms with Crippen molar-refractivity contribution >= 4 is 11.8 Å². The van der Waals surface area contributed by atoms with E-state index in [1.165, 1.54) is 4.90 Å². The fourth-order valence-corrected chi connectivity index (χ4v) is 1.72. The van der Waals surface area contributed by atoms with E-state index in [0.717, 1.165) is 6.42 Å². The van der Waals surface area contributed by atoms with Gasteiger partial charge < -0.3 is 10.6 Å². The van der Waals surface area contributed by atoms with Crippen LogP contribution in [0.4, 0.5) is 0 Å². The summed E-state index contributed by atoms with van der Waals surface area (Å²) in [5, 5.41) is 8.97. The number of rotatable bonds is 4. The van der Waals surface area contributed by atoms with Crippen LogP contribution in [0.2, 0.25) is 0 Å². The Balaban J connectivity index is 2.73. The van der Waals surface area contributed by atoms with E-state index in [4.69, 9.17) is 11.0 Å². The maximum Gasteiger partial charge on any atom is 0.243 e. The summed E-state index contributed by atoms with van der Waals surface area (Å²) in [5.74, 6) is -0.796. The van der Waals surface area contributed by atoms with Crippen molar-refractivity contribution in [1.29, 1.82) is 5.26 Å². The number of likely N-dealkylation sites (N-methyl/N-ethyl adjacent to an activating group) is 1. The molecule has 0 spiro atoms. The molecule has 2 amide bonds. The van der Waals surface area contributed by atoms with Gasteiger partial charge in [-0.05, 0) is 26.2 Å². The highest BCUT2D eigenvalue weighted by Crippen LogP contribution is 2.41. The lowest BCUT2D eigenvalue weighted by atomic mass is 9.69. The molecule has 15 heavy (non-hydrogen) atoms.